The predicted octanol–water partition coefficient (Wildman–Crippen LogP) is 1.80. The number of allylic oxidation sites excluding steroid dienone is 1. The molecule has 2 N–H and O–H groups in total. The van der Waals surface area contributed by atoms with Gasteiger partial charge in [-0.05, 0) is 12.8 Å². The summed E-state index contributed by atoms with van der Waals surface area (Å²) in [5.74, 6) is 0. The van der Waals surface area contributed by atoms with E-state index in [9.17, 15) is 4.57 Å². The van der Waals surface area contributed by atoms with Crippen molar-refractivity contribution in [1.29, 1.82) is 5.26 Å². The molecule has 0 aromatic carbocycles. The van der Waals surface area contributed by atoms with Crippen LogP contribution < -0.4 is 0 Å². The van der Waals surface area contributed by atoms with E-state index in [1.165, 1.54) is 0 Å². The number of hydrogen-bond donors (Lipinski definition) is 2. The quantitative estimate of drug-likeness (QED) is 0.539. The van der Waals surface area contributed by atoms with E-state index in [4.69, 9.17) is 15.0 Å². The largest absolute Gasteiger partial charge is 0.336 e. The number of nitriles is 1. The van der Waals surface area contributed by atoms with Crippen molar-refractivity contribution in [3.8, 4) is 6.07 Å². The second-order valence-electron chi connectivity index (χ2n) is 2.87. The molecule has 0 unspecified atom stereocenters. The first kappa shape index (κ1) is 12.4. The molecule has 5 heteroatoms. The minimum Gasteiger partial charge on any atom is -0.324 e. The molecule has 0 bridgehead atoms. The van der Waals surface area contributed by atoms with Crippen LogP contribution in [-0.2, 0) is 4.57 Å². The van der Waals surface area contributed by atoms with Gasteiger partial charge in [0.1, 0.15) is 5.16 Å². The van der Waals surface area contributed by atoms with E-state index in [2.05, 4.69) is 6.58 Å². The van der Waals surface area contributed by atoms with Crippen LogP contribution in [0, 0.1) is 11.3 Å². The molecule has 0 amide bonds. The molecule has 0 saturated carbocycles. The highest BCUT2D eigenvalue weighted by molar-refractivity contribution is 7.54. The van der Waals surface area contributed by atoms with E-state index in [0.717, 1.165) is 0 Å². The van der Waals surface area contributed by atoms with Gasteiger partial charge < -0.3 is 9.79 Å². The standard InChI is InChI=1S/C8H14NO3P/c1-4-8(5-2,7(3)6-9)13(10,11)12/h3-5H2,1-2H3,(H2,10,11,12). The molecule has 74 valence electrons. The lowest BCUT2D eigenvalue weighted by atomic mass is 9.94. The van der Waals surface area contributed by atoms with Crippen LogP contribution in [0.4, 0.5) is 0 Å². The van der Waals surface area contributed by atoms with Crippen LogP contribution in [0.15, 0.2) is 12.2 Å². The van der Waals surface area contributed by atoms with Crippen molar-refractivity contribution in [2.45, 2.75) is 31.8 Å². The Morgan fingerprint density at radius 3 is 2.00 bits per heavy atom. The molecule has 4 nitrogen and oxygen atoms in total. The zero-order valence-electron chi connectivity index (χ0n) is 7.82. The van der Waals surface area contributed by atoms with E-state index < -0.39 is 12.8 Å². The van der Waals surface area contributed by atoms with E-state index in [1.807, 2.05) is 0 Å². The fourth-order valence-corrected chi connectivity index (χ4v) is 2.59. The maximum absolute atomic E-state index is 11.2. The van der Waals surface area contributed by atoms with Crippen LogP contribution >= 0.6 is 7.60 Å². The van der Waals surface area contributed by atoms with Crippen LogP contribution in [0.1, 0.15) is 26.7 Å². The Bertz CT molecular complexity index is 282. The second-order valence-corrected chi connectivity index (χ2v) is 4.82. The van der Waals surface area contributed by atoms with Crippen molar-refractivity contribution in [3.63, 3.8) is 0 Å². The molecule has 0 aliphatic carbocycles. The third kappa shape index (κ3) is 2.00. The fourth-order valence-electron chi connectivity index (χ4n) is 1.37. The Hall–Kier alpha value is -0.620. The minimum atomic E-state index is -4.30. The summed E-state index contributed by atoms with van der Waals surface area (Å²) in [6, 6.07) is 1.73. The average molecular weight is 203 g/mol. The van der Waals surface area contributed by atoms with Crippen LogP contribution in [0.25, 0.3) is 0 Å². The molecule has 0 aliphatic heterocycles. The lowest BCUT2D eigenvalue weighted by Gasteiger charge is -2.30. The third-order valence-corrected chi connectivity index (χ3v) is 4.44. The van der Waals surface area contributed by atoms with Crippen LogP contribution in [0.5, 0.6) is 0 Å². The van der Waals surface area contributed by atoms with E-state index in [-0.39, 0.29) is 18.4 Å². The summed E-state index contributed by atoms with van der Waals surface area (Å²) in [4.78, 5) is 18.3. The predicted molar refractivity (Wildman–Crippen MR) is 50.1 cm³/mol. The molecule has 0 saturated heterocycles. The summed E-state index contributed by atoms with van der Waals surface area (Å²) in [5.41, 5.74) is -0.0363. The van der Waals surface area contributed by atoms with Crippen molar-refractivity contribution in [1.82, 2.24) is 0 Å². The van der Waals surface area contributed by atoms with Crippen molar-refractivity contribution >= 4 is 7.60 Å². The Balaban J connectivity index is 5.32. The number of rotatable bonds is 4. The van der Waals surface area contributed by atoms with Gasteiger partial charge in [0, 0.05) is 5.57 Å². The summed E-state index contributed by atoms with van der Waals surface area (Å²) in [7, 11) is -4.30. The van der Waals surface area contributed by atoms with Gasteiger partial charge in [0.2, 0.25) is 0 Å². The van der Waals surface area contributed by atoms with Gasteiger partial charge in [-0.2, -0.15) is 5.26 Å². The maximum atomic E-state index is 11.2. The molecule has 0 aromatic rings. The highest BCUT2D eigenvalue weighted by Crippen LogP contribution is 2.57. The van der Waals surface area contributed by atoms with Crippen molar-refractivity contribution in [2.75, 3.05) is 0 Å². The van der Waals surface area contributed by atoms with Crippen LogP contribution in [0.2, 0.25) is 0 Å². The Kier molecular flexibility index (Phi) is 3.87. The molecule has 0 aliphatic rings. The minimum absolute atomic E-state index is 0.0363. The van der Waals surface area contributed by atoms with Gasteiger partial charge in [-0.25, -0.2) is 0 Å². The summed E-state index contributed by atoms with van der Waals surface area (Å²) < 4.78 is 11.2. The average Bonchev–Trinajstić information content (AvgIpc) is 2.04. The molecule has 0 fully saturated rings. The highest BCUT2D eigenvalue weighted by Gasteiger charge is 2.46. The van der Waals surface area contributed by atoms with Crippen LogP contribution in [-0.4, -0.2) is 14.9 Å². The molecule has 0 heterocycles. The van der Waals surface area contributed by atoms with E-state index in [0.29, 0.717) is 0 Å². The van der Waals surface area contributed by atoms with Gasteiger partial charge in [0.15, 0.2) is 0 Å². The molecule has 0 radical (unpaired) electrons. The SMILES string of the molecule is C=C(C#N)C(CC)(CC)P(=O)(O)O. The third-order valence-electron chi connectivity index (χ3n) is 2.42. The first-order valence-corrected chi connectivity index (χ1v) is 5.62. The summed E-state index contributed by atoms with van der Waals surface area (Å²) in [5, 5.41) is 7.24. The molecule has 0 spiro atoms. The lowest BCUT2D eigenvalue weighted by Crippen LogP contribution is -2.28. The Labute approximate surface area is 78.0 Å². The fraction of sp³-hybridized carbons (Fsp3) is 0.625. The topological polar surface area (TPSA) is 81.3 Å². The lowest BCUT2D eigenvalue weighted by molar-refractivity contribution is 0.331. The Morgan fingerprint density at radius 1 is 1.54 bits per heavy atom. The van der Waals surface area contributed by atoms with Gasteiger partial charge >= 0.3 is 7.60 Å². The van der Waals surface area contributed by atoms with E-state index >= 15 is 0 Å². The van der Waals surface area contributed by atoms with Crippen molar-refractivity contribution < 1.29 is 14.4 Å². The molecule has 13 heavy (non-hydrogen) atoms. The molecule has 0 aromatic heterocycles. The van der Waals surface area contributed by atoms with Gasteiger partial charge in [0.05, 0.1) is 6.07 Å². The van der Waals surface area contributed by atoms with Crippen LogP contribution in [0.3, 0.4) is 0 Å². The molecular weight excluding hydrogens is 189 g/mol. The number of hydrogen-bond acceptors (Lipinski definition) is 2. The smallest absolute Gasteiger partial charge is 0.324 e. The maximum Gasteiger partial charge on any atom is 0.336 e. The summed E-state index contributed by atoms with van der Waals surface area (Å²) >= 11 is 0. The normalized spacial score (nSPS) is 12.2. The summed E-state index contributed by atoms with van der Waals surface area (Å²) in [6.07, 6.45) is 0.445. The zero-order chi connectivity index (χ0) is 10.7. The van der Waals surface area contributed by atoms with Gasteiger partial charge in [-0.1, -0.05) is 20.4 Å². The van der Waals surface area contributed by atoms with Crippen molar-refractivity contribution in [2.24, 2.45) is 0 Å². The zero-order valence-corrected chi connectivity index (χ0v) is 8.71. The second kappa shape index (κ2) is 4.06. The van der Waals surface area contributed by atoms with Gasteiger partial charge in [-0.3, -0.25) is 4.57 Å². The van der Waals surface area contributed by atoms with Gasteiger partial charge in [-0.15, -0.1) is 0 Å². The highest BCUT2D eigenvalue weighted by atomic mass is 31.2. The molecule has 0 atom stereocenters. The first-order valence-electron chi connectivity index (χ1n) is 4.00. The first-order chi connectivity index (χ1) is 5.85. The monoisotopic (exact) mass is 203 g/mol. The molecule has 0 rings (SSSR count). The molecular formula is C8H14NO3P. The van der Waals surface area contributed by atoms with E-state index in [1.54, 1.807) is 19.9 Å². The van der Waals surface area contributed by atoms with Gasteiger partial charge in [0.25, 0.3) is 0 Å². The number of nitrogens with zero attached hydrogens (tertiary/aromatic N) is 1. The summed E-state index contributed by atoms with van der Waals surface area (Å²) in [6.45, 7) is 6.69. The van der Waals surface area contributed by atoms with Crippen molar-refractivity contribution in [3.05, 3.63) is 12.2 Å². The Morgan fingerprint density at radius 2 is 1.92 bits per heavy atom.